The number of amides is 5. The van der Waals surface area contributed by atoms with Crippen molar-refractivity contribution < 1.29 is 71.9 Å². The van der Waals surface area contributed by atoms with E-state index in [9.17, 15) is 71.9 Å². The van der Waals surface area contributed by atoms with Gasteiger partial charge in [0.05, 0.1) is 80.2 Å². The number of nitrogens with one attached hydrogen (secondary N) is 4. The van der Waals surface area contributed by atoms with Crippen molar-refractivity contribution in [2.75, 3.05) is 250 Å². The molecule has 0 saturated carbocycles. The van der Waals surface area contributed by atoms with Gasteiger partial charge in [-0.25, -0.2) is 12.7 Å². The standard InChI is InChI=1S/C26H32F3N5O2S.C25H35N5O3S2.C24H30F3N5OS.C23H28F3N5OS/c1-19(35)31-18-25(36)30-9-12-33-15-13-32(14-16-33)10-4-11-34-21-5-2-3-6-23(21)37-24-8-7-20(17-22(24)34)26(27,28)29;1-20(31)26-11-14-29-17-15-28(16-18-29)12-6-13-30-22-7-4-5-8-24(22)34-25-10-9-21(19-23(25)30)35(32,33)27(2)3;25-24(26,27)18-6-7-22-20(16-18)32(19-4-1-2-5-21(19)34-22)10-3-9-30-12-14-31(15-13-30)11-8-29-23(33)17-28;24-23(25,26)16-6-7-21-18(14-16)31(17-4-1-2-5-20(17)33-21)10-3-9-29-12-13-30(11-8-27)19(15-29)22(28)32/h2-3,5-8,17H,4,9-16,18H2,1H3,(H,30,36)(H,31,35);4-5,7-10,19H,6,11-18H2,1-3H3,(H,26,31);1-2,4-7,16H,3,8-15,17,28H2,(H,29,33);1-2,4-7,14,19H,3,8-13,15,27H2,(H2,28,32). The summed E-state index contributed by atoms with van der Waals surface area (Å²) in [6, 6.07) is 48.9. The van der Waals surface area contributed by atoms with Gasteiger partial charge in [-0.2, -0.15) is 39.5 Å². The summed E-state index contributed by atoms with van der Waals surface area (Å²) < 4.78 is 147. The fraction of sp³-hybridized carbons (Fsp3) is 0.459. The van der Waals surface area contributed by atoms with Crippen LogP contribution in [0.15, 0.2) is 214 Å². The van der Waals surface area contributed by atoms with Gasteiger partial charge in [-0.3, -0.25) is 48.5 Å². The van der Waals surface area contributed by atoms with Crippen LogP contribution < -0.4 is 58.1 Å². The lowest BCUT2D eigenvalue weighted by atomic mass is 10.1. The van der Waals surface area contributed by atoms with Crippen molar-refractivity contribution in [2.45, 2.75) is 108 Å². The molecule has 4 fully saturated rings. The van der Waals surface area contributed by atoms with E-state index in [4.69, 9.17) is 17.2 Å². The Balaban J connectivity index is 0.000000156. The van der Waals surface area contributed by atoms with Crippen molar-refractivity contribution >= 4 is 132 Å². The number of nitrogens with zero attached hydrogens (tertiary/aromatic N) is 13. The third kappa shape index (κ3) is 29.7. The molecule has 8 aliphatic rings. The number of para-hydroxylation sites is 4. The number of rotatable bonds is 33. The van der Waals surface area contributed by atoms with Gasteiger partial charge >= 0.3 is 18.5 Å². The second-order valence-electron chi connectivity index (χ2n) is 35.1. The molecule has 8 aromatic carbocycles. The zero-order valence-corrected chi connectivity index (χ0v) is 82.8. The van der Waals surface area contributed by atoms with E-state index >= 15 is 0 Å². The molecule has 0 aliphatic carbocycles. The Bertz CT molecular complexity index is 5600. The Kier molecular flexibility index (Phi) is 38.5. The first-order chi connectivity index (χ1) is 66.6. The average Bonchev–Trinajstić information content (AvgIpc) is 0.710. The Morgan fingerprint density at radius 3 is 0.971 bits per heavy atom. The molecule has 41 heteroatoms. The van der Waals surface area contributed by atoms with Crippen LogP contribution in [-0.4, -0.2) is 318 Å². The highest BCUT2D eigenvalue weighted by Crippen LogP contribution is 2.54. The highest BCUT2D eigenvalue weighted by atomic mass is 32.2. The number of piperazine rings is 4. The summed E-state index contributed by atoms with van der Waals surface area (Å²) in [5.74, 6) is -0.904. The van der Waals surface area contributed by atoms with Gasteiger partial charge in [0, 0.05) is 244 Å². The lowest BCUT2D eigenvalue weighted by Crippen LogP contribution is -2.59. The number of nitrogens with two attached hydrogens (primary N) is 3. The number of halogens is 9. The predicted octanol–water partition coefficient (Wildman–Crippen LogP) is 12.8. The van der Waals surface area contributed by atoms with Crippen LogP contribution in [0.25, 0.3) is 0 Å². The molecule has 0 spiro atoms. The molecule has 0 radical (unpaired) electrons. The van der Waals surface area contributed by atoms with Crippen molar-refractivity contribution in [3.63, 3.8) is 0 Å². The van der Waals surface area contributed by atoms with Crippen LogP contribution in [0.4, 0.5) is 85.0 Å². The minimum absolute atomic E-state index is 0.00865. The van der Waals surface area contributed by atoms with Crippen LogP contribution in [-0.2, 0) is 52.5 Å². The van der Waals surface area contributed by atoms with E-state index in [2.05, 4.69) is 72.6 Å². The lowest BCUT2D eigenvalue weighted by molar-refractivity contribution is -0.138. The number of benzene rings is 8. The average molecular weight is 2030 g/mol. The van der Waals surface area contributed by atoms with Crippen molar-refractivity contribution in [1.29, 1.82) is 0 Å². The number of carbonyl (C=O) groups is 5. The number of sulfonamides is 1. The predicted molar refractivity (Wildman–Crippen MR) is 532 cm³/mol. The first kappa shape index (κ1) is 107. The van der Waals surface area contributed by atoms with E-state index in [0.29, 0.717) is 87.4 Å². The summed E-state index contributed by atoms with van der Waals surface area (Å²) in [5.41, 5.74) is 21.4. The topological polar surface area (TPSA) is 288 Å². The normalized spacial score (nSPS) is 17.2. The third-order valence-corrected chi connectivity index (χ3v) is 31.7. The fourth-order valence-corrected chi connectivity index (χ4v) is 23.1. The molecular formula is C98H125F9N20O7S5. The molecule has 27 nitrogen and oxygen atoms in total. The largest absolute Gasteiger partial charge is 0.416 e. The molecule has 8 aliphatic heterocycles. The number of carbonyl (C=O) groups excluding carboxylic acids is 5. The SMILES string of the molecule is CC(=O)NCC(=O)NCCN1CCN(CCCN2c3ccccc3Sc3ccc(C(F)(F)F)cc32)CC1.CC(=O)NCCN1CCN(CCCN2c3ccccc3Sc3ccc(S(=O)(=O)N(C)C)cc32)CC1.NCC(=O)NCCN1CCN(CCCN2c3ccccc3Sc3ccc(C(F)(F)F)cc32)CC1.NCCN1CCN(CCCN2c3ccccc3Sc3ccc(C(F)(F)F)cc32)CC1C(N)=O. The maximum absolute atomic E-state index is 13.4. The number of fused-ring (bicyclic) bond motifs is 8. The van der Waals surface area contributed by atoms with Crippen LogP contribution >= 0.6 is 47.0 Å². The Morgan fingerprint density at radius 1 is 0.360 bits per heavy atom. The zero-order chi connectivity index (χ0) is 99.1. The first-order valence-corrected chi connectivity index (χ1v) is 51.7. The van der Waals surface area contributed by atoms with Crippen LogP contribution in [0.3, 0.4) is 0 Å². The number of primary amides is 1. The highest BCUT2D eigenvalue weighted by molar-refractivity contribution is 8.00. The summed E-state index contributed by atoms with van der Waals surface area (Å²) in [5, 5.41) is 11.0. The van der Waals surface area contributed by atoms with Gasteiger partial charge < -0.3 is 72.8 Å². The first-order valence-electron chi connectivity index (χ1n) is 47.0. The van der Waals surface area contributed by atoms with Crippen LogP contribution in [0.5, 0.6) is 0 Å². The van der Waals surface area contributed by atoms with Gasteiger partial charge in [-0.1, -0.05) is 95.6 Å². The van der Waals surface area contributed by atoms with E-state index in [1.54, 1.807) is 57.0 Å². The number of anilines is 8. The van der Waals surface area contributed by atoms with E-state index < -0.39 is 45.2 Å². The molecule has 8 aromatic rings. The van der Waals surface area contributed by atoms with E-state index in [-0.39, 0.29) is 48.7 Å². The number of alkyl halides is 9. The summed E-state index contributed by atoms with van der Waals surface area (Å²) >= 11 is 6.21. The van der Waals surface area contributed by atoms with E-state index in [1.807, 2.05) is 117 Å². The molecule has 8 heterocycles. The van der Waals surface area contributed by atoms with Gasteiger partial charge in [-0.05, 0) is 173 Å². The van der Waals surface area contributed by atoms with Gasteiger partial charge in [0.25, 0.3) is 0 Å². The van der Waals surface area contributed by atoms with Gasteiger partial charge in [0.1, 0.15) is 6.04 Å². The lowest BCUT2D eigenvalue weighted by Gasteiger charge is -2.40. The number of hydrogen-bond acceptors (Lipinski definition) is 25. The summed E-state index contributed by atoms with van der Waals surface area (Å²) in [6.45, 7) is 27.9. The summed E-state index contributed by atoms with van der Waals surface area (Å²) in [7, 11) is -0.373. The van der Waals surface area contributed by atoms with Crippen LogP contribution in [0, 0.1) is 0 Å². The Labute approximate surface area is 825 Å². The molecule has 0 aromatic heterocycles. The monoisotopic (exact) mass is 2020 g/mol. The summed E-state index contributed by atoms with van der Waals surface area (Å²) in [6.07, 6.45) is -9.75. The van der Waals surface area contributed by atoms with Crippen LogP contribution in [0.2, 0.25) is 0 Å². The van der Waals surface area contributed by atoms with Crippen molar-refractivity contribution in [2.24, 2.45) is 17.2 Å². The molecule has 1 unspecified atom stereocenters. The molecule has 16 rings (SSSR count). The van der Waals surface area contributed by atoms with Crippen molar-refractivity contribution in [3.05, 3.63) is 187 Å². The minimum Gasteiger partial charge on any atom is -0.368 e. The smallest absolute Gasteiger partial charge is 0.368 e. The quantitative estimate of drug-likeness (QED) is 0.0188. The molecule has 10 N–H and O–H groups in total. The molecule has 0 bridgehead atoms. The van der Waals surface area contributed by atoms with Gasteiger partial charge in [0.15, 0.2) is 0 Å². The molecule has 5 amide bonds. The maximum atomic E-state index is 13.4. The second kappa shape index (κ2) is 50.0. The molecular weight excluding hydrogens is 1900 g/mol. The van der Waals surface area contributed by atoms with Crippen molar-refractivity contribution in [1.82, 2.24) is 64.8 Å². The Hall–Kier alpha value is -9.41. The van der Waals surface area contributed by atoms with Crippen molar-refractivity contribution in [3.8, 4) is 0 Å². The number of hydrogen-bond donors (Lipinski definition) is 7. The van der Waals surface area contributed by atoms with E-state index in [0.717, 1.165) is 238 Å². The van der Waals surface area contributed by atoms with E-state index in [1.165, 1.54) is 75.7 Å². The van der Waals surface area contributed by atoms with Gasteiger partial charge in [-0.15, -0.1) is 0 Å². The fourth-order valence-electron chi connectivity index (χ4n) is 17.9. The minimum atomic E-state index is -4.39. The zero-order valence-electron chi connectivity index (χ0n) is 78.8. The highest BCUT2D eigenvalue weighted by Gasteiger charge is 2.39. The van der Waals surface area contributed by atoms with Gasteiger partial charge in [0.2, 0.25) is 39.6 Å². The molecule has 752 valence electrons. The molecule has 1 atom stereocenters. The summed E-state index contributed by atoms with van der Waals surface area (Å²) in [4.78, 5) is 91.8. The third-order valence-electron chi connectivity index (χ3n) is 25.4. The Morgan fingerprint density at radius 2 is 0.655 bits per heavy atom. The molecule has 139 heavy (non-hydrogen) atoms. The maximum Gasteiger partial charge on any atom is 0.416 e. The second-order valence-corrected chi connectivity index (χ2v) is 41.6. The molecule has 4 saturated heterocycles. The van der Waals surface area contributed by atoms with Crippen LogP contribution in [0.1, 0.15) is 56.2 Å².